The summed E-state index contributed by atoms with van der Waals surface area (Å²) in [7, 11) is 0. The van der Waals surface area contributed by atoms with Crippen LogP contribution in [0.5, 0.6) is 0 Å². The fourth-order valence-corrected chi connectivity index (χ4v) is 1.32. The van der Waals surface area contributed by atoms with Gasteiger partial charge in [0.25, 0.3) is 5.92 Å². The molecule has 13 heavy (non-hydrogen) atoms. The number of alkyl halides is 2. The monoisotopic (exact) mass is 185 g/mol. The molecule has 1 nitrogen and oxygen atoms in total. The molecule has 0 fully saturated rings. The summed E-state index contributed by atoms with van der Waals surface area (Å²) in [6.07, 6.45) is 0.500. The lowest BCUT2D eigenvalue weighted by molar-refractivity contribution is 0.0166. The van der Waals surface area contributed by atoms with Gasteiger partial charge < -0.3 is 5.73 Å². The van der Waals surface area contributed by atoms with Crippen LogP contribution in [0.1, 0.15) is 18.1 Å². The molecule has 0 radical (unpaired) electrons. The van der Waals surface area contributed by atoms with E-state index in [1.54, 1.807) is 18.2 Å². The van der Waals surface area contributed by atoms with Crippen LogP contribution in [0, 0.1) is 0 Å². The van der Waals surface area contributed by atoms with E-state index in [-0.39, 0.29) is 5.56 Å². The molecule has 0 unspecified atom stereocenters. The summed E-state index contributed by atoms with van der Waals surface area (Å²) < 4.78 is 26.0. The van der Waals surface area contributed by atoms with Crippen LogP contribution in [0.2, 0.25) is 0 Å². The van der Waals surface area contributed by atoms with E-state index < -0.39 is 5.92 Å². The Hall–Kier alpha value is -0.960. The van der Waals surface area contributed by atoms with Gasteiger partial charge in [-0.25, -0.2) is 8.78 Å². The van der Waals surface area contributed by atoms with Crippen LogP contribution in [0.3, 0.4) is 0 Å². The quantitative estimate of drug-likeness (QED) is 0.768. The zero-order valence-electron chi connectivity index (χ0n) is 7.56. The normalized spacial score (nSPS) is 11.7. The zero-order chi connectivity index (χ0) is 9.90. The van der Waals surface area contributed by atoms with Gasteiger partial charge in [-0.3, -0.25) is 0 Å². The average Bonchev–Trinajstić information content (AvgIpc) is 2.04. The molecule has 0 spiro atoms. The van der Waals surface area contributed by atoms with Gasteiger partial charge in [0.1, 0.15) is 0 Å². The first-order valence-corrected chi connectivity index (χ1v) is 4.22. The summed E-state index contributed by atoms with van der Waals surface area (Å²) in [5, 5.41) is 0. The van der Waals surface area contributed by atoms with Crippen molar-refractivity contribution >= 4 is 0 Å². The van der Waals surface area contributed by atoms with Crippen LogP contribution in [-0.4, -0.2) is 6.54 Å². The van der Waals surface area contributed by atoms with E-state index in [0.29, 0.717) is 18.5 Å². The molecule has 0 aliphatic heterocycles. The Labute approximate surface area is 76.6 Å². The van der Waals surface area contributed by atoms with Gasteiger partial charge in [0.05, 0.1) is 0 Å². The third-order valence-corrected chi connectivity index (χ3v) is 1.90. The molecule has 1 aromatic carbocycles. The van der Waals surface area contributed by atoms with Gasteiger partial charge in [-0.05, 0) is 18.5 Å². The number of halogens is 2. The molecule has 0 aliphatic carbocycles. The number of hydrogen-bond acceptors (Lipinski definition) is 1. The largest absolute Gasteiger partial charge is 0.330 e. The second-order valence-corrected chi connectivity index (χ2v) is 3.08. The van der Waals surface area contributed by atoms with E-state index in [0.717, 1.165) is 6.92 Å². The molecular weight excluding hydrogens is 172 g/mol. The van der Waals surface area contributed by atoms with Gasteiger partial charge in [0.2, 0.25) is 0 Å². The summed E-state index contributed by atoms with van der Waals surface area (Å²) in [6.45, 7) is 1.30. The van der Waals surface area contributed by atoms with Gasteiger partial charge >= 0.3 is 0 Å². The van der Waals surface area contributed by atoms with Crippen molar-refractivity contribution in [3.05, 3.63) is 35.4 Å². The van der Waals surface area contributed by atoms with E-state index in [4.69, 9.17) is 5.73 Å². The Balaban J connectivity index is 3.05. The number of hydrogen-bond donors (Lipinski definition) is 1. The third-order valence-electron chi connectivity index (χ3n) is 1.90. The Kier molecular flexibility index (Phi) is 2.98. The summed E-state index contributed by atoms with van der Waals surface area (Å²) in [4.78, 5) is 0. The van der Waals surface area contributed by atoms with Crippen LogP contribution < -0.4 is 5.73 Å². The minimum atomic E-state index is -2.77. The van der Waals surface area contributed by atoms with Crippen molar-refractivity contribution in [3.8, 4) is 0 Å². The highest BCUT2D eigenvalue weighted by molar-refractivity contribution is 5.30. The van der Waals surface area contributed by atoms with E-state index in [1.807, 2.05) is 0 Å². The van der Waals surface area contributed by atoms with Gasteiger partial charge in [0.15, 0.2) is 0 Å². The molecule has 0 saturated carbocycles. The standard InChI is InChI=1S/C10H13F2N/c1-10(11,12)9-5-3-2-4-8(9)6-7-13/h2-5H,6-7,13H2,1H3. The second kappa shape index (κ2) is 3.83. The second-order valence-electron chi connectivity index (χ2n) is 3.08. The van der Waals surface area contributed by atoms with Crippen molar-refractivity contribution in [1.29, 1.82) is 0 Å². The summed E-state index contributed by atoms with van der Waals surface area (Å²) in [5.41, 5.74) is 6.05. The van der Waals surface area contributed by atoms with Gasteiger partial charge in [-0.15, -0.1) is 0 Å². The summed E-state index contributed by atoms with van der Waals surface area (Å²) in [5.74, 6) is -2.77. The van der Waals surface area contributed by atoms with Gasteiger partial charge in [0, 0.05) is 12.5 Å². The predicted molar refractivity (Wildman–Crippen MR) is 48.8 cm³/mol. The minimum Gasteiger partial charge on any atom is -0.330 e. The molecule has 0 bridgehead atoms. The Morgan fingerprint density at radius 2 is 1.92 bits per heavy atom. The minimum absolute atomic E-state index is 0.0838. The molecule has 0 saturated heterocycles. The molecular formula is C10H13F2N. The highest BCUT2D eigenvalue weighted by atomic mass is 19.3. The molecule has 0 aromatic heterocycles. The highest BCUT2D eigenvalue weighted by Crippen LogP contribution is 2.29. The Morgan fingerprint density at radius 3 is 2.46 bits per heavy atom. The molecule has 72 valence electrons. The summed E-state index contributed by atoms with van der Waals surface area (Å²) in [6, 6.07) is 6.51. The van der Waals surface area contributed by atoms with Crippen LogP contribution in [0.25, 0.3) is 0 Å². The van der Waals surface area contributed by atoms with Crippen LogP contribution >= 0.6 is 0 Å². The number of benzene rings is 1. The molecule has 0 heterocycles. The topological polar surface area (TPSA) is 26.0 Å². The fourth-order valence-electron chi connectivity index (χ4n) is 1.32. The van der Waals surface area contributed by atoms with E-state index in [1.165, 1.54) is 6.07 Å². The predicted octanol–water partition coefficient (Wildman–Crippen LogP) is 2.30. The molecule has 0 amide bonds. The Morgan fingerprint density at radius 1 is 1.31 bits per heavy atom. The molecule has 1 rings (SSSR count). The first-order valence-electron chi connectivity index (χ1n) is 4.22. The maximum atomic E-state index is 13.0. The summed E-state index contributed by atoms with van der Waals surface area (Å²) >= 11 is 0. The Bertz CT molecular complexity index is 278. The van der Waals surface area contributed by atoms with Crippen LogP contribution in [0.4, 0.5) is 8.78 Å². The smallest absolute Gasteiger partial charge is 0.270 e. The van der Waals surface area contributed by atoms with Crippen LogP contribution in [0.15, 0.2) is 24.3 Å². The fraction of sp³-hybridized carbons (Fsp3) is 0.400. The zero-order valence-corrected chi connectivity index (χ0v) is 7.56. The number of nitrogens with two attached hydrogens (primary N) is 1. The first-order chi connectivity index (χ1) is 6.05. The molecule has 0 atom stereocenters. The average molecular weight is 185 g/mol. The van der Waals surface area contributed by atoms with Gasteiger partial charge in [-0.1, -0.05) is 24.3 Å². The van der Waals surface area contributed by atoms with E-state index >= 15 is 0 Å². The van der Waals surface area contributed by atoms with Crippen molar-refractivity contribution in [1.82, 2.24) is 0 Å². The van der Waals surface area contributed by atoms with Crippen LogP contribution in [-0.2, 0) is 12.3 Å². The van der Waals surface area contributed by atoms with E-state index in [2.05, 4.69) is 0 Å². The lowest BCUT2D eigenvalue weighted by Gasteiger charge is -2.14. The maximum Gasteiger partial charge on any atom is 0.270 e. The van der Waals surface area contributed by atoms with Crippen molar-refractivity contribution < 1.29 is 8.78 Å². The van der Waals surface area contributed by atoms with Gasteiger partial charge in [-0.2, -0.15) is 0 Å². The van der Waals surface area contributed by atoms with Crippen molar-refractivity contribution in [2.45, 2.75) is 19.3 Å². The molecule has 1 aromatic rings. The van der Waals surface area contributed by atoms with Crippen molar-refractivity contribution in [2.24, 2.45) is 5.73 Å². The lowest BCUT2D eigenvalue weighted by atomic mass is 10.0. The van der Waals surface area contributed by atoms with Crippen molar-refractivity contribution in [2.75, 3.05) is 6.54 Å². The van der Waals surface area contributed by atoms with E-state index in [9.17, 15) is 8.78 Å². The highest BCUT2D eigenvalue weighted by Gasteiger charge is 2.26. The number of rotatable bonds is 3. The first kappa shape index (κ1) is 10.1. The molecule has 0 aliphatic rings. The molecule has 2 N–H and O–H groups in total. The van der Waals surface area contributed by atoms with Crippen molar-refractivity contribution in [3.63, 3.8) is 0 Å². The molecule has 3 heteroatoms. The lowest BCUT2D eigenvalue weighted by Crippen LogP contribution is -2.13. The maximum absolute atomic E-state index is 13.0. The third kappa shape index (κ3) is 2.49. The SMILES string of the molecule is CC(F)(F)c1ccccc1CCN.